The van der Waals surface area contributed by atoms with Gasteiger partial charge in [0.25, 0.3) is 5.69 Å². The fourth-order valence-electron chi connectivity index (χ4n) is 1.64. The van der Waals surface area contributed by atoms with Crippen LogP contribution in [0.15, 0.2) is 18.2 Å². The molecule has 0 aliphatic carbocycles. The molecule has 0 amide bonds. The molecule has 0 saturated carbocycles. The van der Waals surface area contributed by atoms with Gasteiger partial charge in [0.2, 0.25) is 0 Å². The first-order chi connectivity index (χ1) is 8.83. The Labute approximate surface area is 114 Å². The summed E-state index contributed by atoms with van der Waals surface area (Å²) in [6.45, 7) is 9.47. The first kappa shape index (κ1) is 15.3. The average molecular weight is 266 g/mol. The van der Waals surface area contributed by atoms with Crippen LogP contribution in [0.25, 0.3) is 0 Å². The van der Waals surface area contributed by atoms with E-state index in [1.165, 1.54) is 6.07 Å². The molecule has 0 fully saturated rings. The van der Waals surface area contributed by atoms with E-state index in [0.29, 0.717) is 24.6 Å². The number of benzene rings is 1. The van der Waals surface area contributed by atoms with E-state index < -0.39 is 0 Å². The Morgan fingerprint density at radius 2 is 2.05 bits per heavy atom. The van der Waals surface area contributed by atoms with Gasteiger partial charge in [0.05, 0.1) is 17.6 Å². The van der Waals surface area contributed by atoms with Crippen LogP contribution in [0.5, 0.6) is 5.75 Å². The van der Waals surface area contributed by atoms with E-state index in [1.807, 2.05) is 6.92 Å². The first-order valence-electron chi connectivity index (χ1n) is 6.48. The number of hydrogen-bond acceptors (Lipinski definition) is 4. The number of nitrogens with zero attached hydrogens (tertiary/aromatic N) is 1. The molecular formula is C14H22N2O3. The van der Waals surface area contributed by atoms with E-state index in [-0.39, 0.29) is 16.0 Å². The monoisotopic (exact) mass is 266 g/mol. The predicted molar refractivity (Wildman–Crippen MR) is 76.8 cm³/mol. The van der Waals surface area contributed by atoms with Crippen molar-refractivity contribution in [1.29, 1.82) is 0 Å². The summed E-state index contributed by atoms with van der Waals surface area (Å²) >= 11 is 0. The van der Waals surface area contributed by atoms with Gasteiger partial charge in [-0.25, -0.2) is 0 Å². The molecule has 0 aromatic heterocycles. The molecular weight excluding hydrogens is 244 g/mol. The third kappa shape index (κ3) is 5.16. The molecule has 0 aliphatic heterocycles. The van der Waals surface area contributed by atoms with Gasteiger partial charge in [-0.1, -0.05) is 20.8 Å². The van der Waals surface area contributed by atoms with Crippen molar-refractivity contribution < 1.29 is 9.66 Å². The maximum atomic E-state index is 11.0. The molecule has 106 valence electrons. The van der Waals surface area contributed by atoms with E-state index in [9.17, 15) is 10.1 Å². The second kappa shape index (κ2) is 6.41. The first-order valence-corrected chi connectivity index (χ1v) is 6.48. The molecule has 0 atom stereocenters. The summed E-state index contributed by atoms with van der Waals surface area (Å²) in [4.78, 5) is 10.7. The minimum atomic E-state index is -0.387. The quantitative estimate of drug-likeness (QED) is 0.627. The Morgan fingerprint density at radius 3 is 2.58 bits per heavy atom. The van der Waals surface area contributed by atoms with Crippen molar-refractivity contribution in [2.24, 2.45) is 5.41 Å². The van der Waals surface area contributed by atoms with Crippen LogP contribution in [0.4, 0.5) is 11.4 Å². The molecule has 0 bridgehead atoms. The van der Waals surface area contributed by atoms with Gasteiger partial charge in [-0.2, -0.15) is 0 Å². The lowest BCUT2D eigenvalue weighted by molar-refractivity contribution is -0.384. The highest BCUT2D eigenvalue weighted by molar-refractivity contribution is 5.63. The molecule has 0 aliphatic rings. The fraction of sp³-hybridized carbons (Fsp3) is 0.571. The summed E-state index contributed by atoms with van der Waals surface area (Å²) in [6.07, 6.45) is 0.942. The van der Waals surface area contributed by atoms with Crippen LogP contribution < -0.4 is 10.1 Å². The standard InChI is InChI=1S/C14H22N2O3/c1-5-19-11-6-7-12(13(10-11)16(17)18)15-9-8-14(2,3)4/h6-7,10,15H,5,8-9H2,1-4H3. The summed E-state index contributed by atoms with van der Waals surface area (Å²) in [6, 6.07) is 4.91. The highest BCUT2D eigenvalue weighted by atomic mass is 16.6. The highest BCUT2D eigenvalue weighted by Gasteiger charge is 2.16. The van der Waals surface area contributed by atoms with E-state index in [2.05, 4.69) is 26.1 Å². The lowest BCUT2D eigenvalue weighted by Gasteiger charge is -2.18. The number of ether oxygens (including phenoxy) is 1. The number of rotatable bonds is 6. The van der Waals surface area contributed by atoms with Crippen LogP contribution in [-0.4, -0.2) is 18.1 Å². The Balaban J connectivity index is 2.79. The largest absolute Gasteiger partial charge is 0.494 e. The van der Waals surface area contributed by atoms with Crippen molar-refractivity contribution in [2.75, 3.05) is 18.5 Å². The Kier molecular flexibility index (Phi) is 5.15. The number of nitrogens with one attached hydrogen (secondary N) is 1. The normalized spacial score (nSPS) is 11.2. The van der Waals surface area contributed by atoms with Crippen molar-refractivity contribution in [1.82, 2.24) is 0 Å². The molecule has 5 nitrogen and oxygen atoms in total. The van der Waals surface area contributed by atoms with Gasteiger partial charge in [-0.05, 0) is 30.9 Å². The van der Waals surface area contributed by atoms with Gasteiger partial charge in [0.15, 0.2) is 0 Å². The molecule has 0 heterocycles. The van der Waals surface area contributed by atoms with E-state index in [1.54, 1.807) is 12.1 Å². The van der Waals surface area contributed by atoms with E-state index in [0.717, 1.165) is 6.42 Å². The highest BCUT2D eigenvalue weighted by Crippen LogP contribution is 2.29. The second-order valence-electron chi connectivity index (χ2n) is 5.61. The van der Waals surface area contributed by atoms with Crippen molar-refractivity contribution in [3.05, 3.63) is 28.3 Å². The van der Waals surface area contributed by atoms with Crippen LogP contribution in [0, 0.1) is 15.5 Å². The molecule has 0 saturated heterocycles. The van der Waals surface area contributed by atoms with Crippen LogP contribution >= 0.6 is 0 Å². The number of nitro groups is 1. The predicted octanol–water partition coefficient (Wildman–Crippen LogP) is 3.84. The zero-order valence-electron chi connectivity index (χ0n) is 12.0. The summed E-state index contributed by atoms with van der Waals surface area (Å²) in [5.74, 6) is 0.524. The number of nitro benzene ring substituents is 1. The maximum Gasteiger partial charge on any atom is 0.296 e. The van der Waals surface area contributed by atoms with Crippen molar-refractivity contribution >= 4 is 11.4 Å². The average Bonchev–Trinajstić information content (AvgIpc) is 2.29. The van der Waals surface area contributed by atoms with Gasteiger partial charge in [-0.15, -0.1) is 0 Å². The fourth-order valence-corrected chi connectivity index (χ4v) is 1.64. The van der Waals surface area contributed by atoms with Gasteiger partial charge < -0.3 is 10.1 Å². The summed E-state index contributed by atoms with van der Waals surface area (Å²) in [7, 11) is 0. The Hall–Kier alpha value is -1.78. The molecule has 1 aromatic rings. The van der Waals surface area contributed by atoms with Gasteiger partial charge >= 0.3 is 0 Å². The molecule has 5 heteroatoms. The molecule has 1 rings (SSSR count). The minimum absolute atomic E-state index is 0.0554. The summed E-state index contributed by atoms with van der Waals surface area (Å²) < 4.78 is 5.28. The molecule has 1 aromatic carbocycles. The molecule has 0 unspecified atom stereocenters. The Bertz CT molecular complexity index is 439. The zero-order chi connectivity index (χ0) is 14.5. The van der Waals surface area contributed by atoms with Crippen molar-refractivity contribution in [3.8, 4) is 5.75 Å². The zero-order valence-corrected chi connectivity index (χ0v) is 12.0. The third-order valence-electron chi connectivity index (χ3n) is 2.67. The SMILES string of the molecule is CCOc1ccc(NCCC(C)(C)C)c([N+](=O)[O-])c1. The van der Waals surface area contributed by atoms with Crippen molar-refractivity contribution in [3.63, 3.8) is 0 Å². The van der Waals surface area contributed by atoms with E-state index in [4.69, 9.17) is 4.74 Å². The van der Waals surface area contributed by atoms with Crippen LogP contribution in [0.2, 0.25) is 0 Å². The van der Waals surface area contributed by atoms with E-state index >= 15 is 0 Å². The minimum Gasteiger partial charge on any atom is -0.494 e. The molecule has 0 spiro atoms. The lowest BCUT2D eigenvalue weighted by Crippen LogP contribution is -2.13. The molecule has 0 radical (unpaired) electrons. The third-order valence-corrected chi connectivity index (χ3v) is 2.67. The van der Waals surface area contributed by atoms with Gasteiger partial charge in [-0.3, -0.25) is 10.1 Å². The van der Waals surface area contributed by atoms with Crippen LogP contribution in [0.3, 0.4) is 0 Å². The number of anilines is 1. The molecule has 1 N–H and O–H groups in total. The Morgan fingerprint density at radius 1 is 1.37 bits per heavy atom. The maximum absolute atomic E-state index is 11.0. The van der Waals surface area contributed by atoms with Gasteiger partial charge in [0.1, 0.15) is 11.4 Å². The van der Waals surface area contributed by atoms with Crippen LogP contribution in [0.1, 0.15) is 34.1 Å². The number of hydrogen-bond donors (Lipinski definition) is 1. The summed E-state index contributed by atoms with van der Waals surface area (Å²) in [5.41, 5.74) is 0.796. The summed E-state index contributed by atoms with van der Waals surface area (Å²) in [5, 5.41) is 14.2. The molecule has 19 heavy (non-hydrogen) atoms. The van der Waals surface area contributed by atoms with Crippen LogP contribution in [-0.2, 0) is 0 Å². The van der Waals surface area contributed by atoms with Crippen molar-refractivity contribution in [2.45, 2.75) is 34.1 Å². The smallest absolute Gasteiger partial charge is 0.296 e. The van der Waals surface area contributed by atoms with Gasteiger partial charge in [0, 0.05) is 6.54 Å². The lowest BCUT2D eigenvalue weighted by atomic mass is 9.92. The topological polar surface area (TPSA) is 64.4 Å². The second-order valence-corrected chi connectivity index (χ2v) is 5.61.